The number of ether oxygens (including phenoxy) is 2. The standard InChI is InChI=1S/C16H16Br2O3/c1-9-4-14(20-2)15(21-3)8-13(9)16(19)10-5-11(17)7-12(18)6-10/h4-8,16,19H,1-3H3. The lowest BCUT2D eigenvalue weighted by molar-refractivity contribution is 0.218. The maximum absolute atomic E-state index is 10.7. The van der Waals surface area contributed by atoms with Gasteiger partial charge in [0.15, 0.2) is 11.5 Å². The molecule has 0 aromatic heterocycles. The molecule has 2 aromatic carbocycles. The molecular formula is C16H16Br2O3. The van der Waals surface area contributed by atoms with Crippen molar-refractivity contribution in [3.8, 4) is 11.5 Å². The second-order valence-electron chi connectivity index (χ2n) is 4.67. The third-order valence-electron chi connectivity index (χ3n) is 3.27. The normalized spacial score (nSPS) is 12.1. The van der Waals surface area contributed by atoms with Crippen LogP contribution in [0.25, 0.3) is 0 Å². The van der Waals surface area contributed by atoms with Gasteiger partial charge in [0.05, 0.1) is 14.2 Å². The molecule has 1 atom stereocenters. The molecule has 0 heterocycles. The van der Waals surface area contributed by atoms with Crippen molar-refractivity contribution in [2.24, 2.45) is 0 Å². The summed E-state index contributed by atoms with van der Waals surface area (Å²) in [5.41, 5.74) is 2.53. The van der Waals surface area contributed by atoms with E-state index in [1.165, 1.54) is 0 Å². The molecule has 0 saturated carbocycles. The fourth-order valence-corrected chi connectivity index (χ4v) is 3.53. The van der Waals surface area contributed by atoms with Gasteiger partial charge in [-0.2, -0.15) is 0 Å². The lowest BCUT2D eigenvalue weighted by Gasteiger charge is -2.18. The number of aliphatic hydroxyl groups excluding tert-OH is 1. The van der Waals surface area contributed by atoms with Crippen molar-refractivity contribution in [2.75, 3.05) is 14.2 Å². The minimum atomic E-state index is -0.737. The summed E-state index contributed by atoms with van der Waals surface area (Å²) in [7, 11) is 3.18. The molecule has 3 nitrogen and oxygen atoms in total. The Labute approximate surface area is 141 Å². The average molecular weight is 416 g/mol. The summed E-state index contributed by atoms with van der Waals surface area (Å²) in [5.74, 6) is 1.26. The summed E-state index contributed by atoms with van der Waals surface area (Å²) in [6, 6.07) is 9.40. The van der Waals surface area contributed by atoms with Gasteiger partial charge in [0, 0.05) is 8.95 Å². The van der Waals surface area contributed by atoms with Crippen LogP contribution in [0.5, 0.6) is 11.5 Å². The van der Waals surface area contributed by atoms with E-state index in [1.54, 1.807) is 14.2 Å². The maximum atomic E-state index is 10.7. The summed E-state index contributed by atoms with van der Waals surface area (Å²) in [6.07, 6.45) is -0.737. The van der Waals surface area contributed by atoms with Crippen molar-refractivity contribution in [1.82, 2.24) is 0 Å². The maximum Gasteiger partial charge on any atom is 0.161 e. The van der Waals surface area contributed by atoms with Crippen LogP contribution in [0.3, 0.4) is 0 Å². The molecule has 0 fully saturated rings. The Bertz CT molecular complexity index is 636. The van der Waals surface area contributed by atoms with E-state index in [2.05, 4.69) is 31.9 Å². The number of benzene rings is 2. The quantitative estimate of drug-likeness (QED) is 0.791. The van der Waals surface area contributed by atoms with Crippen LogP contribution in [0.4, 0.5) is 0 Å². The first-order valence-electron chi connectivity index (χ1n) is 6.33. The largest absolute Gasteiger partial charge is 0.493 e. The fourth-order valence-electron chi connectivity index (χ4n) is 2.20. The second kappa shape index (κ2) is 6.81. The highest BCUT2D eigenvalue weighted by atomic mass is 79.9. The first-order chi connectivity index (χ1) is 9.96. The van der Waals surface area contributed by atoms with Gasteiger partial charge in [0.25, 0.3) is 0 Å². The smallest absolute Gasteiger partial charge is 0.161 e. The molecule has 0 aliphatic rings. The summed E-state index contributed by atoms with van der Waals surface area (Å²) >= 11 is 6.87. The monoisotopic (exact) mass is 414 g/mol. The van der Waals surface area contributed by atoms with Crippen LogP contribution in [0.2, 0.25) is 0 Å². The Balaban J connectivity index is 2.49. The Hall–Kier alpha value is -1.04. The van der Waals surface area contributed by atoms with Crippen LogP contribution in [-0.2, 0) is 0 Å². The SMILES string of the molecule is COc1cc(C)c(C(O)c2cc(Br)cc(Br)c2)cc1OC. The number of hydrogen-bond donors (Lipinski definition) is 1. The zero-order valence-electron chi connectivity index (χ0n) is 12.0. The van der Waals surface area contributed by atoms with Crippen molar-refractivity contribution in [2.45, 2.75) is 13.0 Å². The lowest BCUT2D eigenvalue weighted by atomic mass is 9.97. The van der Waals surface area contributed by atoms with E-state index in [1.807, 2.05) is 37.3 Å². The van der Waals surface area contributed by atoms with E-state index >= 15 is 0 Å². The number of rotatable bonds is 4. The minimum Gasteiger partial charge on any atom is -0.493 e. The third-order valence-corrected chi connectivity index (χ3v) is 4.18. The highest BCUT2D eigenvalue weighted by molar-refractivity contribution is 9.11. The molecule has 0 saturated heterocycles. The molecule has 5 heteroatoms. The topological polar surface area (TPSA) is 38.7 Å². The summed E-state index contributed by atoms with van der Waals surface area (Å²) in [4.78, 5) is 0. The van der Waals surface area contributed by atoms with Gasteiger partial charge in [-0.05, 0) is 53.9 Å². The highest BCUT2D eigenvalue weighted by Crippen LogP contribution is 2.36. The average Bonchev–Trinajstić information content (AvgIpc) is 2.45. The minimum absolute atomic E-state index is 0.603. The van der Waals surface area contributed by atoms with E-state index < -0.39 is 6.10 Å². The van der Waals surface area contributed by atoms with Crippen molar-refractivity contribution < 1.29 is 14.6 Å². The number of aliphatic hydroxyl groups is 1. The molecule has 0 aliphatic heterocycles. The molecule has 2 aromatic rings. The van der Waals surface area contributed by atoms with Crippen LogP contribution in [0, 0.1) is 6.92 Å². The molecule has 1 unspecified atom stereocenters. The second-order valence-corrected chi connectivity index (χ2v) is 6.50. The highest BCUT2D eigenvalue weighted by Gasteiger charge is 2.17. The molecule has 112 valence electrons. The van der Waals surface area contributed by atoms with E-state index in [0.29, 0.717) is 11.5 Å². The van der Waals surface area contributed by atoms with E-state index in [4.69, 9.17) is 9.47 Å². The first kappa shape index (κ1) is 16.3. The van der Waals surface area contributed by atoms with Crippen molar-refractivity contribution in [3.05, 3.63) is 56.0 Å². The molecule has 0 spiro atoms. The van der Waals surface area contributed by atoms with E-state index in [-0.39, 0.29) is 0 Å². The van der Waals surface area contributed by atoms with Crippen LogP contribution >= 0.6 is 31.9 Å². The van der Waals surface area contributed by atoms with Gasteiger partial charge in [-0.15, -0.1) is 0 Å². The van der Waals surface area contributed by atoms with Crippen LogP contribution < -0.4 is 9.47 Å². The first-order valence-corrected chi connectivity index (χ1v) is 7.91. The molecule has 0 bridgehead atoms. The molecule has 21 heavy (non-hydrogen) atoms. The van der Waals surface area contributed by atoms with Crippen molar-refractivity contribution >= 4 is 31.9 Å². The Kier molecular flexibility index (Phi) is 5.30. The Morgan fingerprint density at radius 1 is 0.905 bits per heavy atom. The van der Waals surface area contributed by atoms with E-state index in [9.17, 15) is 5.11 Å². The molecule has 1 N–H and O–H groups in total. The Morgan fingerprint density at radius 2 is 1.43 bits per heavy atom. The van der Waals surface area contributed by atoms with Crippen molar-refractivity contribution in [1.29, 1.82) is 0 Å². The van der Waals surface area contributed by atoms with Crippen LogP contribution in [0.15, 0.2) is 39.3 Å². The Morgan fingerprint density at radius 3 is 1.95 bits per heavy atom. The molecule has 0 aliphatic carbocycles. The molecule has 0 radical (unpaired) electrons. The zero-order valence-corrected chi connectivity index (χ0v) is 15.2. The molecule has 2 rings (SSSR count). The molecule has 0 amide bonds. The zero-order chi connectivity index (χ0) is 15.6. The van der Waals surface area contributed by atoms with Gasteiger partial charge in [0.1, 0.15) is 6.10 Å². The summed E-state index contributed by atoms with van der Waals surface area (Å²) < 4.78 is 12.4. The van der Waals surface area contributed by atoms with Gasteiger partial charge >= 0.3 is 0 Å². The predicted molar refractivity (Wildman–Crippen MR) is 90.2 cm³/mol. The van der Waals surface area contributed by atoms with Crippen LogP contribution in [-0.4, -0.2) is 19.3 Å². The van der Waals surface area contributed by atoms with Gasteiger partial charge in [-0.1, -0.05) is 31.9 Å². The summed E-state index contributed by atoms with van der Waals surface area (Å²) in [6.45, 7) is 1.94. The fraction of sp³-hybridized carbons (Fsp3) is 0.250. The van der Waals surface area contributed by atoms with Crippen molar-refractivity contribution in [3.63, 3.8) is 0 Å². The lowest BCUT2D eigenvalue weighted by Crippen LogP contribution is -2.04. The number of hydrogen-bond acceptors (Lipinski definition) is 3. The van der Waals surface area contributed by atoms with E-state index in [0.717, 1.165) is 25.6 Å². The van der Waals surface area contributed by atoms with Gasteiger partial charge in [0.2, 0.25) is 0 Å². The van der Waals surface area contributed by atoms with Gasteiger partial charge in [-0.3, -0.25) is 0 Å². The number of aryl methyl sites for hydroxylation is 1. The third kappa shape index (κ3) is 3.59. The summed E-state index contributed by atoms with van der Waals surface area (Å²) in [5, 5.41) is 10.7. The predicted octanol–water partition coefficient (Wildman–Crippen LogP) is 4.62. The van der Waals surface area contributed by atoms with Crippen LogP contribution in [0.1, 0.15) is 22.8 Å². The van der Waals surface area contributed by atoms with Gasteiger partial charge in [-0.25, -0.2) is 0 Å². The van der Waals surface area contributed by atoms with Gasteiger partial charge < -0.3 is 14.6 Å². The number of halogens is 2. The molecular weight excluding hydrogens is 400 g/mol. The number of methoxy groups -OCH3 is 2.